The lowest BCUT2D eigenvalue weighted by Crippen LogP contribution is -2.35. The van der Waals surface area contributed by atoms with Gasteiger partial charge in [-0.3, -0.25) is 0 Å². The monoisotopic (exact) mass is 154 g/mol. The lowest BCUT2D eigenvalue weighted by molar-refractivity contribution is 0.481. The smallest absolute Gasteiger partial charge is 0.196 e. The van der Waals surface area contributed by atoms with Gasteiger partial charge in [0, 0.05) is 28.2 Å². The highest BCUT2D eigenvalue weighted by atomic mass is 15.3. The summed E-state index contributed by atoms with van der Waals surface area (Å²) < 4.78 is 0. The highest BCUT2D eigenvalue weighted by Crippen LogP contribution is 1.87. The van der Waals surface area contributed by atoms with Gasteiger partial charge in [0.2, 0.25) is 0 Å². The fourth-order valence-electron chi connectivity index (χ4n) is 0.789. The van der Waals surface area contributed by atoms with Crippen LogP contribution in [0.2, 0.25) is 0 Å². The van der Waals surface area contributed by atoms with Gasteiger partial charge in [-0.2, -0.15) is 5.26 Å². The van der Waals surface area contributed by atoms with Crippen molar-refractivity contribution in [2.75, 3.05) is 34.7 Å². The molecule has 0 aromatic rings. The maximum absolute atomic E-state index is 8.28. The molecule has 0 amide bonds. The van der Waals surface area contributed by atoms with E-state index in [0.29, 0.717) is 0 Å². The summed E-state index contributed by atoms with van der Waals surface area (Å²) >= 11 is 0. The lowest BCUT2D eigenvalue weighted by Gasteiger charge is -2.21. The summed E-state index contributed by atoms with van der Waals surface area (Å²) in [5, 5.41) is 8.28. The van der Waals surface area contributed by atoms with Crippen LogP contribution >= 0.6 is 0 Å². The molecule has 0 N–H and O–H groups in total. The summed E-state index contributed by atoms with van der Waals surface area (Å²) in [5.74, 6) is 0.812. The van der Waals surface area contributed by atoms with Crippen LogP contribution in [0.5, 0.6) is 0 Å². The van der Waals surface area contributed by atoms with Gasteiger partial charge in [-0.25, -0.2) is 4.99 Å². The Labute approximate surface area is 67.7 Å². The van der Waals surface area contributed by atoms with Crippen LogP contribution < -0.4 is 0 Å². The lowest BCUT2D eigenvalue weighted by atomic mass is 10.6. The summed E-state index contributed by atoms with van der Waals surface area (Å²) in [7, 11) is 7.60. The van der Waals surface area contributed by atoms with Crippen LogP contribution in [0.4, 0.5) is 0 Å². The van der Waals surface area contributed by atoms with E-state index in [4.69, 9.17) is 5.26 Å². The molecule has 0 aliphatic carbocycles. The highest BCUT2D eigenvalue weighted by Gasteiger charge is 2.01. The SMILES string of the molecule is CN(C)C(=NCC#N)N(C)C. The highest BCUT2D eigenvalue weighted by molar-refractivity contribution is 5.79. The standard InChI is InChI=1S/C7H14N4/c1-10(2)7(11(3)4)9-6-5-8/h6H2,1-4H3. The molecular weight excluding hydrogens is 140 g/mol. The van der Waals surface area contributed by atoms with Gasteiger partial charge in [0.05, 0.1) is 6.07 Å². The van der Waals surface area contributed by atoms with Gasteiger partial charge in [-0.1, -0.05) is 0 Å². The van der Waals surface area contributed by atoms with E-state index < -0.39 is 0 Å². The third-order valence-corrected chi connectivity index (χ3v) is 1.09. The van der Waals surface area contributed by atoms with Gasteiger partial charge < -0.3 is 9.80 Å². The van der Waals surface area contributed by atoms with Gasteiger partial charge >= 0.3 is 0 Å². The first-order valence-corrected chi connectivity index (χ1v) is 3.35. The fourth-order valence-corrected chi connectivity index (χ4v) is 0.789. The van der Waals surface area contributed by atoms with Crippen LogP contribution in [-0.4, -0.2) is 50.5 Å². The molecule has 0 spiro atoms. The van der Waals surface area contributed by atoms with E-state index in [0.717, 1.165) is 5.96 Å². The van der Waals surface area contributed by atoms with E-state index in [1.165, 1.54) is 0 Å². The van der Waals surface area contributed by atoms with Crippen molar-refractivity contribution in [1.29, 1.82) is 5.26 Å². The van der Waals surface area contributed by atoms with Crippen LogP contribution in [0.3, 0.4) is 0 Å². The number of hydrogen-bond acceptors (Lipinski definition) is 2. The predicted octanol–water partition coefficient (Wildman–Crippen LogP) is -0.0108. The molecule has 62 valence electrons. The van der Waals surface area contributed by atoms with E-state index in [1.807, 2.05) is 44.1 Å². The summed E-state index contributed by atoms with van der Waals surface area (Å²) in [6, 6.07) is 1.97. The van der Waals surface area contributed by atoms with E-state index in [2.05, 4.69) is 4.99 Å². The van der Waals surface area contributed by atoms with Crippen molar-refractivity contribution < 1.29 is 0 Å². The maximum atomic E-state index is 8.28. The second-order valence-corrected chi connectivity index (χ2v) is 2.56. The minimum absolute atomic E-state index is 0.214. The molecule has 0 rings (SSSR count). The first-order valence-electron chi connectivity index (χ1n) is 3.35. The Morgan fingerprint density at radius 2 is 1.73 bits per heavy atom. The molecule has 0 aromatic carbocycles. The van der Waals surface area contributed by atoms with Crippen molar-refractivity contribution in [3.05, 3.63) is 0 Å². The molecule has 0 saturated heterocycles. The summed E-state index contributed by atoms with van der Waals surface area (Å²) in [5.41, 5.74) is 0. The minimum atomic E-state index is 0.214. The van der Waals surface area contributed by atoms with E-state index in [1.54, 1.807) is 0 Å². The molecule has 4 nitrogen and oxygen atoms in total. The second kappa shape index (κ2) is 4.56. The van der Waals surface area contributed by atoms with Gasteiger partial charge in [0.25, 0.3) is 0 Å². The first-order chi connectivity index (χ1) is 5.09. The second-order valence-electron chi connectivity index (χ2n) is 2.56. The van der Waals surface area contributed by atoms with Gasteiger partial charge in [-0.05, 0) is 0 Å². The van der Waals surface area contributed by atoms with Crippen LogP contribution in [-0.2, 0) is 0 Å². The van der Waals surface area contributed by atoms with Gasteiger partial charge in [-0.15, -0.1) is 0 Å². The third-order valence-electron chi connectivity index (χ3n) is 1.09. The number of rotatable bonds is 1. The number of nitriles is 1. The Morgan fingerprint density at radius 1 is 1.27 bits per heavy atom. The average Bonchev–Trinajstić information content (AvgIpc) is 1.87. The van der Waals surface area contributed by atoms with Crippen LogP contribution in [0.1, 0.15) is 0 Å². The topological polar surface area (TPSA) is 42.6 Å². The molecule has 0 saturated carbocycles. The Hall–Kier alpha value is -1.24. The molecule has 0 heterocycles. The Kier molecular flexibility index (Phi) is 4.04. The molecule has 0 fully saturated rings. The molecule has 11 heavy (non-hydrogen) atoms. The number of guanidine groups is 1. The molecule has 0 bridgehead atoms. The van der Waals surface area contributed by atoms with Crippen LogP contribution in [0.15, 0.2) is 4.99 Å². The molecule has 0 atom stereocenters. The van der Waals surface area contributed by atoms with E-state index in [9.17, 15) is 0 Å². The third kappa shape index (κ3) is 3.46. The van der Waals surface area contributed by atoms with Crippen molar-refractivity contribution >= 4 is 5.96 Å². The van der Waals surface area contributed by atoms with E-state index >= 15 is 0 Å². The molecule has 0 aliphatic heterocycles. The number of aliphatic imine (C=N–C) groups is 1. The average molecular weight is 154 g/mol. The summed E-state index contributed by atoms with van der Waals surface area (Å²) in [6.07, 6.45) is 0. The predicted molar refractivity (Wildman–Crippen MR) is 45.3 cm³/mol. The maximum Gasteiger partial charge on any atom is 0.196 e. The zero-order valence-electron chi connectivity index (χ0n) is 7.50. The van der Waals surface area contributed by atoms with Crippen molar-refractivity contribution in [3.8, 4) is 6.07 Å². The van der Waals surface area contributed by atoms with Crippen molar-refractivity contribution in [1.82, 2.24) is 9.80 Å². The van der Waals surface area contributed by atoms with Crippen LogP contribution in [0.25, 0.3) is 0 Å². The van der Waals surface area contributed by atoms with Gasteiger partial charge in [0.15, 0.2) is 5.96 Å². The molecule has 4 heteroatoms. The quantitative estimate of drug-likeness (QED) is 0.303. The Bertz CT molecular complexity index is 165. The van der Waals surface area contributed by atoms with Crippen molar-refractivity contribution in [3.63, 3.8) is 0 Å². The zero-order valence-corrected chi connectivity index (χ0v) is 7.50. The summed E-state index contributed by atoms with van der Waals surface area (Å²) in [4.78, 5) is 7.79. The largest absolute Gasteiger partial charge is 0.349 e. The summed E-state index contributed by atoms with van der Waals surface area (Å²) in [6.45, 7) is 0.214. The zero-order chi connectivity index (χ0) is 8.85. The van der Waals surface area contributed by atoms with Crippen molar-refractivity contribution in [2.24, 2.45) is 4.99 Å². The molecule has 0 unspecified atom stereocenters. The molecule has 0 aliphatic rings. The van der Waals surface area contributed by atoms with E-state index in [-0.39, 0.29) is 6.54 Å². The molecular formula is C7H14N4. The number of hydrogen-bond donors (Lipinski definition) is 0. The molecule has 0 radical (unpaired) electrons. The number of nitrogens with zero attached hydrogens (tertiary/aromatic N) is 4. The fraction of sp³-hybridized carbons (Fsp3) is 0.714. The molecule has 0 aromatic heterocycles. The van der Waals surface area contributed by atoms with Crippen LogP contribution in [0, 0.1) is 11.3 Å². The Balaban J connectivity index is 4.23. The van der Waals surface area contributed by atoms with Gasteiger partial charge in [0.1, 0.15) is 6.54 Å². The van der Waals surface area contributed by atoms with Crippen molar-refractivity contribution in [2.45, 2.75) is 0 Å². The first kappa shape index (κ1) is 9.76. The normalized spacial score (nSPS) is 8.27. The minimum Gasteiger partial charge on any atom is -0.349 e. The Morgan fingerprint density at radius 3 is 2.00 bits per heavy atom.